The number of aromatic nitrogens is 4. The highest BCUT2D eigenvalue weighted by Crippen LogP contribution is 2.08. The summed E-state index contributed by atoms with van der Waals surface area (Å²) in [7, 11) is 0. The molecule has 0 saturated heterocycles. The summed E-state index contributed by atoms with van der Waals surface area (Å²) < 4.78 is 6.79. The minimum atomic E-state index is -1.13. The molecule has 0 fully saturated rings. The van der Waals surface area contributed by atoms with Gasteiger partial charge in [0.05, 0.1) is 6.54 Å². The fourth-order valence-electron chi connectivity index (χ4n) is 1.29. The van der Waals surface area contributed by atoms with Gasteiger partial charge in [0.25, 0.3) is 6.01 Å². The quantitative estimate of drug-likeness (QED) is 0.783. The number of carboxylic acids is 1. The summed E-state index contributed by atoms with van der Waals surface area (Å²) in [6, 6.07) is 0.146. The van der Waals surface area contributed by atoms with Gasteiger partial charge in [0.1, 0.15) is 12.6 Å². The second-order valence-corrected chi connectivity index (χ2v) is 3.23. The largest absolute Gasteiger partial charge is 0.476 e. The van der Waals surface area contributed by atoms with Gasteiger partial charge < -0.3 is 19.4 Å². The lowest BCUT2D eigenvalue weighted by atomic mass is 10.5. The molecule has 0 aromatic carbocycles. The number of carboxylic acid groups (broad SMARTS) is 1. The normalized spacial score (nSPS) is 10.4. The minimum absolute atomic E-state index is 0.135. The van der Waals surface area contributed by atoms with E-state index in [-0.39, 0.29) is 11.7 Å². The van der Waals surface area contributed by atoms with E-state index >= 15 is 0 Å². The topological polar surface area (TPSA) is 106 Å². The van der Waals surface area contributed by atoms with Gasteiger partial charge in [-0.05, 0) is 6.92 Å². The van der Waals surface area contributed by atoms with E-state index in [1.165, 1.54) is 0 Å². The van der Waals surface area contributed by atoms with Crippen LogP contribution < -0.4 is 5.32 Å². The Morgan fingerprint density at radius 3 is 3.12 bits per heavy atom. The van der Waals surface area contributed by atoms with Gasteiger partial charge in [0.15, 0.2) is 11.5 Å². The lowest BCUT2D eigenvalue weighted by Crippen LogP contribution is -2.08. The molecule has 0 saturated carbocycles. The predicted molar refractivity (Wildman–Crippen MR) is 56.5 cm³/mol. The Kier molecular flexibility index (Phi) is 3.03. The van der Waals surface area contributed by atoms with Gasteiger partial charge in [0, 0.05) is 6.54 Å². The molecule has 0 unspecified atom stereocenters. The molecule has 0 radical (unpaired) electrons. The molecule has 8 heteroatoms. The standard InChI is InChI=1S/C9H11N5O3/c1-2-14-5-11-13-7(14)3-10-9-12-6(4-17-9)8(15)16/h4-5H,2-3H2,1H3,(H,10,12)(H,15,16). The number of hydrogen-bond donors (Lipinski definition) is 2. The molecule has 17 heavy (non-hydrogen) atoms. The number of anilines is 1. The SMILES string of the molecule is CCn1cnnc1CNc1nc(C(=O)O)co1. The third-order valence-corrected chi connectivity index (χ3v) is 2.16. The number of carbonyl (C=O) groups is 1. The van der Waals surface area contributed by atoms with Crippen LogP contribution in [0.3, 0.4) is 0 Å². The third-order valence-electron chi connectivity index (χ3n) is 2.16. The Morgan fingerprint density at radius 1 is 1.65 bits per heavy atom. The van der Waals surface area contributed by atoms with Gasteiger partial charge >= 0.3 is 5.97 Å². The number of aryl methyl sites for hydroxylation is 1. The van der Waals surface area contributed by atoms with E-state index in [0.717, 1.165) is 18.6 Å². The molecule has 0 bridgehead atoms. The van der Waals surface area contributed by atoms with Crippen LogP contribution in [0.5, 0.6) is 0 Å². The van der Waals surface area contributed by atoms with Gasteiger partial charge in [-0.3, -0.25) is 0 Å². The van der Waals surface area contributed by atoms with Crippen molar-refractivity contribution in [1.29, 1.82) is 0 Å². The highest BCUT2D eigenvalue weighted by Gasteiger charge is 2.10. The van der Waals surface area contributed by atoms with Crippen molar-refractivity contribution in [2.75, 3.05) is 5.32 Å². The maximum Gasteiger partial charge on any atom is 0.357 e. The van der Waals surface area contributed by atoms with E-state index in [4.69, 9.17) is 9.52 Å². The van der Waals surface area contributed by atoms with Crippen molar-refractivity contribution in [2.24, 2.45) is 0 Å². The highest BCUT2D eigenvalue weighted by atomic mass is 16.4. The molecule has 0 aliphatic carbocycles. The monoisotopic (exact) mass is 237 g/mol. The zero-order valence-corrected chi connectivity index (χ0v) is 9.12. The first-order valence-corrected chi connectivity index (χ1v) is 5.00. The molecule has 0 amide bonds. The van der Waals surface area contributed by atoms with Crippen molar-refractivity contribution >= 4 is 12.0 Å². The van der Waals surface area contributed by atoms with E-state index in [2.05, 4.69) is 20.5 Å². The van der Waals surface area contributed by atoms with E-state index in [0.29, 0.717) is 6.54 Å². The van der Waals surface area contributed by atoms with Crippen LogP contribution in [-0.2, 0) is 13.1 Å². The van der Waals surface area contributed by atoms with Gasteiger partial charge in [-0.2, -0.15) is 4.98 Å². The van der Waals surface area contributed by atoms with Crippen molar-refractivity contribution in [3.8, 4) is 0 Å². The van der Waals surface area contributed by atoms with Crippen molar-refractivity contribution in [1.82, 2.24) is 19.7 Å². The maximum absolute atomic E-state index is 10.6. The van der Waals surface area contributed by atoms with Crippen LogP contribution >= 0.6 is 0 Å². The second-order valence-electron chi connectivity index (χ2n) is 3.23. The van der Waals surface area contributed by atoms with Crippen LogP contribution in [0.25, 0.3) is 0 Å². The van der Waals surface area contributed by atoms with Crippen molar-refractivity contribution < 1.29 is 14.3 Å². The molecule has 90 valence electrons. The Labute approximate surface area is 96.3 Å². The molecular formula is C9H11N5O3. The lowest BCUT2D eigenvalue weighted by molar-refractivity contribution is 0.0690. The zero-order valence-electron chi connectivity index (χ0n) is 9.12. The van der Waals surface area contributed by atoms with Crippen molar-refractivity contribution in [3.05, 3.63) is 24.1 Å². The summed E-state index contributed by atoms with van der Waals surface area (Å²) in [6.45, 7) is 3.10. The molecule has 2 aromatic heterocycles. The fraction of sp³-hybridized carbons (Fsp3) is 0.333. The summed E-state index contributed by atoms with van der Waals surface area (Å²) in [5.74, 6) is -0.402. The molecule has 2 N–H and O–H groups in total. The Morgan fingerprint density at radius 2 is 2.47 bits per heavy atom. The number of nitrogens with one attached hydrogen (secondary N) is 1. The van der Waals surface area contributed by atoms with Crippen LogP contribution in [0, 0.1) is 0 Å². The van der Waals surface area contributed by atoms with Crippen LogP contribution in [0.2, 0.25) is 0 Å². The summed E-state index contributed by atoms with van der Waals surface area (Å²) in [4.78, 5) is 14.3. The van der Waals surface area contributed by atoms with Crippen LogP contribution in [0.15, 0.2) is 17.0 Å². The molecule has 2 aromatic rings. The maximum atomic E-state index is 10.6. The van der Waals surface area contributed by atoms with Crippen LogP contribution in [0.1, 0.15) is 23.2 Å². The average molecular weight is 237 g/mol. The van der Waals surface area contributed by atoms with Crippen LogP contribution in [0.4, 0.5) is 6.01 Å². The smallest absolute Gasteiger partial charge is 0.357 e. The molecular weight excluding hydrogens is 226 g/mol. The van der Waals surface area contributed by atoms with E-state index in [1.54, 1.807) is 6.33 Å². The summed E-state index contributed by atoms with van der Waals surface area (Å²) in [5, 5.41) is 19.2. The average Bonchev–Trinajstić information content (AvgIpc) is 2.95. The van der Waals surface area contributed by atoms with Crippen LogP contribution in [-0.4, -0.2) is 30.8 Å². The van der Waals surface area contributed by atoms with E-state index < -0.39 is 5.97 Å². The summed E-state index contributed by atoms with van der Waals surface area (Å²) in [5.41, 5.74) is -0.135. The Bertz CT molecular complexity index is 518. The number of hydrogen-bond acceptors (Lipinski definition) is 6. The predicted octanol–water partition coefficient (Wildman–Crippen LogP) is 0.596. The Hall–Kier alpha value is -2.38. The number of oxazole rings is 1. The minimum Gasteiger partial charge on any atom is -0.476 e. The molecule has 8 nitrogen and oxygen atoms in total. The van der Waals surface area contributed by atoms with E-state index in [9.17, 15) is 4.79 Å². The highest BCUT2D eigenvalue weighted by molar-refractivity contribution is 5.85. The van der Waals surface area contributed by atoms with Crippen molar-refractivity contribution in [2.45, 2.75) is 20.0 Å². The van der Waals surface area contributed by atoms with E-state index in [1.807, 2.05) is 11.5 Å². The van der Waals surface area contributed by atoms with Gasteiger partial charge in [-0.15, -0.1) is 10.2 Å². The Balaban J connectivity index is 2.00. The van der Waals surface area contributed by atoms with Gasteiger partial charge in [0.2, 0.25) is 0 Å². The first kappa shape index (κ1) is 11.1. The number of rotatable bonds is 5. The molecule has 2 heterocycles. The van der Waals surface area contributed by atoms with Crippen molar-refractivity contribution in [3.63, 3.8) is 0 Å². The molecule has 0 spiro atoms. The fourth-order valence-corrected chi connectivity index (χ4v) is 1.29. The number of nitrogens with zero attached hydrogens (tertiary/aromatic N) is 4. The summed E-state index contributed by atoms with van der Waals surface area (Å²) in [6.07, 6.45) is 2.70. The third kappa shape index (κ3) is 2.41. The molecule has 2 rings (SSSR count). The lowest BCUT2D eigenvalue weighted by Gasteiger charge is -2.02. The summed E-state index contributed by atoms with van der Waals surface area (Å²) >= 11 is 0. The second kappa shape index (κ2) is 4.64. The first-order chi connectivity index (χ1) is 8.20. The first-order valence-electron chi connectivity index (χ1n) is 5.00. The molecule has 0 aliphatic rings. The zero-order chi connectivity index (χ0) is 12.3. The van der Waals surface area contributed by atoms with Gasteiger partial charge in [-0.1, -0.05) is 0 Å². The molecule has 0 aliphatic heterocycles. The number of aromatic carboxylic acids is 1. The van der Waals surface area contributed by atoms with Gasteiger partial charge in [-0.25, -0.2) is 4.79 Å². The molecule has 0 atom stereocenters.